The van der Waals surface area contributed by atoms with Crippen LogP contribution in [-0.4, -0.2) is 16.8 Å². The first-order chi connectivity index (χ1) is 13.3. The number of rotatable bonds is 1. The van der Waals surface area contributed by atoms with Crippen molar-refractivity contribution in [1.29, 1.82) is 0 Å². The van der Waals surface area contributed by atoms with Crippen LogP contribution in [0.2, 0.25) is 0 Å². The van der Waals surface area contributed by atoms with Gasteiger partial charge in [0.1, 0.15) is 0 Å². The summed E-state index contributed by atoms with van der Waals surface area (Å²) >= 11 is 0. The summed E-state index contributed by atoms with van der Waals surface area (Å²) in [6.07, 6.45) is 3.27. The van der Waals surface area contributed by atoms with E-state index in [0.29, 0.717) is 11.6 Å². The molecular formula is C23H20N2O2. The van der Waals surface area contributed by atoms with Crippen LogP contribution >= 0.6 is 0 Å². The van der Waals surface area contributed by atoms with Crippen LogP contribution in [0.25, 0.3) is 10.9 Å². The lowest BCUT2D eigenvalue weighted by molar-refractivity contribution is -0.123. The van der Waals surface area contributed by atoms with Crippen LogP contribution in [0.15, 0.2) is 54.6 Å². The van der Waals surface area contributed by atoms with E-state index in [1.54, 1.807) is 0 Å². The molecule has 0 radical (unpaired) electrons. The molecule has 0 unspecified atom stereocenters. The van der Waals surface area contributed by atoms with Gasteiger partial charge < -0.3 is 4.98 Å². The standard InChI is InChI=1S/C23H20N2O2/c26-22-19-15-11-6-10-14(15)18-16-9-4-5-12-17(16)24-21(18)20(19)23(27)25(22)13-7-2-1-3-8-13/h1-5,7-9,12,14-15,19-20,24H,6,10-11H2/t14-,15+,19+,20+/m0/s1. The minimum Gasteiger partial charge on any atom is -0.357 e. The van der Waals surface area contributed by atoms with Gasteiger partial charge in [-0.3, -0.25) is 9.59 Å². The Morgan fingerprint density at radius 1 is 0.889 bits per heavy atom. The van der Waals surface area contributed by atoms with Gasteiger partial charge >= 0.3 is 0 Å². The maximum absolute atomic E-state index is 13.5. The fourth-order valence-corrected chi connectivity index (χ4v) is 5.86. The number of benzene rings is 2. The maximum Gasteiger partial charge on any atom is 0.243 e. The number of nitrogens with zero attached hydrogens (tertiary/aromatic N) is 1. The zero-order valence-corrected chi connectivity index (χ0v) is 14.9. The van der Waals surface area contributed by atoms with Gasteiger partial charge in [0.15, 0.2) is 0 Å². The summed E-state index contributed by atoms with van der Waals surface area (Å²) in [4.78, 5) is 31.8. The van der Waals surface area contributed by atoms with E-state index in [4.69, 9.17) is 0 Å². The van der Waals surface area contributed by atoms with Crippen molar-refractivity contribution in [3.05, 3.63) is 65.9 Å². The fourth-order valence-electron chi connectivity index (χ4n) is 5.86. The largest absolute Gasteiger partial charge is 0.357 e. The normalized spacial score (nSPS) is 29.1. The Labute approximate surface area is 157 Å². The summed E-state index contributed by atoms with van der Waals surface area (Å²) in [7, 11) is 0. The van der Waals surface area contributed by atoms with Gasteiger partial charge in [0.05, 0.1) is 17.5 Å². The Hall–Kier alpha value is -2.88. The lowest BCUT2D eigenvalue weighted by Gasteiger charge is -2.33. The molecule has 2 amide bonds. The molecule has 4 atom stereocenters. The SMILES string of the molecule is O=C1[C@@H]2[C@@H]3CCC[C@@H]3c3c([nH]c4ccccc34)[C@@H]2C(=O)N1c1ccccc1. The number of aromatic nitrogens is 1. The van der Waals surface area contributed by atoms with Crippen LogP contribution in [0.5, 0.6) is 0 Å². The number of H-pyrrole nitrogens is 1. The highest BCUT2D eigenvalue weighted by molar-refractivity contribution is 6.24. The molecule has 1 aromatic heterocycles. The third-order valence-corrected chi connectivity index (χ3v) is 6.85. The maximum atomic E-state index is 13.5. The first-order valence-corrected chi connectivity index (χ1v) is 9.79. The van der Waals surface area contributed by atoms with E-state index in [0.717, 1.165) is 30.5 Å². The second-order valence-electron chi connectivity index (χ2n) is 8.05. The molecule has 134 valence electrons. The first kappa shape index (κ1) is 15.2. The number of anilines is 1. The Morgan fingerprint density at radius 2 is 1.67 bits per heavy atom. The van der Waals surface area contributed by atoms with Crippen molar-refractivity contribution in [3.8, 4) is 0 Å². The molecule has 2 fully saturated rings. The summed E-state index contributed by atoms with van der Waals surface area (Å²) in [5.74, 6) is -0.0475. The monoisotopic (exact) mass is 356 g/mol. The molecule has 0 bridgehead atoms. The molecular weight excluding hydrogens is 336 g/mol. The summed E-state index contributed by atoms with van der Waals surface area (Å²) in [5, 5.41) is 1.22. The molecule has 6 rings (SSSR count). The van der Waals surface area contributed by atoms with Crippen molar-refractivity contribution in [1.82, 2.24) is 4.98 Å². The number of hydrogen-bond acceptors (Lipinski definition) is 2. The van der Waals surface area contributed by atoms with Crippen molar-refractivity contribution >= 4 is 28.4 Å². The molecule has 3 aromatic rings. The van der Waals surface area contributed by atoms with E-state index in [1.165, 1.54) is 15.8 Å². The van der Waals surface area contributed by atoms with Gasteiger partial charge in [-0.2, -0.15) is 0 Å². The van der Waals surface area contributed by atoms with Crippen LogP contribution in [-0.2, 0) is 9.59 Å². The van der Waals surface area contributed by atoms with E-state index in [2.05, 4.69) is 23.2 Å². The predicted molar refractivity (Wildman–Crippen MR) is 104 cm³/mol. The molecule has 1 saturated carbocycles. The number of imide groups is 1. The number of nitrogens with one attached hydrogen (secondary N) is 1. The van der Waals surface area contributed by atoms with Crippen molar-refractivity contribution in [2.75, 3.05) is 4.90 Å². The van der Waals surface area contributed by atoms with Crippen LogP contribution < -0.4 is 4.90 Å². The van der Waals surface area contributed by atoms with Crippen LogP contribution in [0, 0.1) is 11.8 Å². The Morgan fingerprint density at radius 3 is 2.52 bits per heavy atom. The highest BCUT2D eigenvalue weighted by Crippen LogP contribution is 2.58. The van der Waals surface area contributed by atoms with E-state index >= 15 is 0 Å². The number of fused-ring (bicyclic) bond motifs is 8. The molecule has 1 saturated heterocycles. The number of carbonyl (C=O) groups is 2. The summed E-state index contributed by atoms with van der Waals surface area (Å²) in [6, 6.07) is 17.7. The lowest BCUT2D eigenvalue weighted by Crippen LogP contribution is -2.33. The van der Waals surface area contributed by atoms with Crippen molar-refractivity contribution in [3.63, 3.8) is 0 Å². The van der Waals surface area contributed by atoms with E-state index in [9.17, 15) is 9.59 Å². The zero-order valence-electron chi connectivity index (χ0n) is 14.9. The first-order valence-electron chi connectivity index (χ1n) is 9.79. The molecule has 2 aromatic carbocycles. The van der Waals surface area contributed by atoms with Gasteiger partial charge in [0.25, 0.3) is 0 Å². The van der Waals surface area contributed by atoms with Gasteiger partial charge in [-0.1, -0.05) is 42.8 Å². The topological polar surface area (TPSA) is 53.2 Å². The smallest absolute Gasteiger partial charge is 0.243 e. The summed E-state index contributed by atoms with van der Waals surface area (Å²) in [6.45, 7) is 0. The summed E-state index contributed by atoms with van der Waals surface area (Å²) < 4.78 is 0. The number of aromatic amines is 1. The molecule has 4 heteroatoms. The zero-order chi connectivity index (χ0) is 18.1. The molecule has 1 N–H and O–H groups in total. The van der Waals surface area contributed by atoms with E-state index in [-0.39, 0.29) is 29.6 Å². The third-order valence-electron chi connectivity index (χ3n) is 6.85. The number of para-hydroxylation sites is 2. The van der Waals surface area contributed by atoms with Gasteiger partial charge in [-0.05, 0) is 48.4 Å². The Kier molecular flexibility index (Phi) is 2.99. The van der Waals surface area contributed by atoms with Gasteiger partial charge in [0, 0.05) is 16.6 Å². The fraction of sp³-hybridized carbons (Fsp3) is 0.304. The molecule has 2 heterocycles. The van der Waals surface area contributed by atoms with Crippen molar-refractivity contribution in [2.45, 2.75) is 31.1 Å². The highest BCUT2D eigenvalue weighted by Gasteiger charge is 2.59. The Bertz CT molecular complexity index is 1080. The minimum absolute atomic E-state index is 0.0163. The molecule has 2 aliphatic carbocycles. The van der Waals surface area contributed by atoms with E-state index < -0.39 is 0 Å². The molecule has 27 heavy (non-hydrogen) atoms. The second kappa shape index (κ2) is 5.32. The van der Waals surface area contributed by atoms with Gasteiger partial charge in [-0.15, -0.1) is 0 Å². The van der Waals surface area contributed by atoms with Crippen LogP contribution in [0.4, 0.5) is 5.69 Å². The molecule has 4 nitrogen and oxygen atoms in total. The number of amides is 2. The minimum atomic E-state index is -0.376. The average Bonchev–Trinajstić information content (AvgIpc) is 3.37. The molecule has 0 spiro atoms. The van der Waals surface area contributed by atoms with Crippen LogP contribution in [0.3, 0.4) is 0 Å². The highest BCUT2D eigenvalue weighted by atomic mass is 16.2. The van der Waals surface area contributed by atoms with Crippen LogP contribution in [0.1, 0.15) is 42.4 Å². The second-order valence-corrected chi connectivity index (χ2v) is 8.05. The Balaban J connectivity index is 1.58. The molecule has 1 aliphatic heterocycles. The number of hydrogen-bond donors (Lipinski definition) is 1. The summed E-state index contributed by atoms with van der Waals surface area (Å²) in [5.41, 5.74) is 4.05. The predicted octanol–water partition coefficient (Wildman–Crippen LogP) is 4.34. The van der Waals surface area contributed by atoms with Gasteiger partial charge in [0.2, 0.25) is 11.8 Å². The average molecular weight is 356 g/mol. The van der Waals surface area contributed by atoms with Crippen molar-refractivity contribution in [2.24, 2.45) is 11.8 Å². The van der Waals surface area contributed by atoms with Crippen molar-refractivity contribution < 1.29 is 9.59 Å². The quantitative estimate of drug-likeness (QED) is 0.660. The third kappa shape index (κ3) is 1.88. The van der Waals surface area contributed by atoms with Gasteiger partial charge in [-0.25, -0.2) is 4.90 Å². The number of carbonyl (C=O) groups excluding carboxylic acids is 2. The van der Waals surface area contributed by atoms with E-state index in [1.807, 2.05) is 36.4 Å². The lowest BCUT2D eigenvalue weighted by atomic mass is 9.67. The molecule has 3 aliphatic rings.